The summed E-state index contributed by atoms with van der Waals surface area (Å²) in [6, 6.07) is 15.4. The van der Waals surface area contributed by atoms with Gasteiger partial charge in [0, 0.05) is 17.6 Å². The minimum atomic E-state index is -4.57. The van der Waals surface area contributed by atoms with Crippen LogP contribution in [0.25, 0.3) is 0 Å². The molecule has 4 nitrogen and oxygen atoms in total. The SMILES string of the molecule is CCC(C)c1cccc(Nc2nc(Nc3ccc(C4CCCC4)cc3)ncc2C(F)(F)F)c1. The van der Waals surface area contributed by atoms with E-state index in [1.165, 1.54) is 31.2 Å². The van der Waals surface area contributed by atoms with Crippen molar-refractivity contribution < 1.29 is 13.2 Å². The molecule has 1 unspecified atom stereocenters. The minimum Gasteiger partial charge on any atom is -0.340 e. The van der Waals surface area contributed by atoms with Crippen LogP contribution < -0.4 is 10.6 Å². The van der Waals surface area contributed by atoms with Crippen LogP contribution in [0.2, 0.25) is 0 Å². The second kappa shape index (κ2) is 9.81. The predicted octanol–water partition coefficient (Wildman–Crippen LogP) is 8.15. The number of aromatic nitrogens is 2. The third-order valence-corrected chi connectivity index (χ3v) is 6.42. The van der Waals surface area contributed by atoms with Crippen LogP contribution in [0.1, 0.15) is 74.5 Å². The van der Waals surface area contributed by atoms with E-state index in [1.54, 1.807) is 6.07 Å². The van der Waals surface area contributed by atoms with Crippen molar-refractivity contribution in [2.75, 3.05) is 10.6 Å². The summed E-state index contributed by atoms with van der Waals surface area (Å²) >= 11 is 0. The largest absolute Gasteiger partial charge is 0.421 e. The maximum absolute atomic E-state index is 13.6. The Morgan fingerprint density at radius 3 is 2.39 bits per heavy atom. The molecule has 1 aromatic heterocycles. The van der Waals surface area contributed by atoms with E-state index < -0.39 is 11.7 Å². The first-order valence-corrected chi connectivity index (χ1v) is 11.5. The minimum absolute atomic E-state index is 0.109. The number of rotatable bonds is 7. The molecule has 0 saturated heterocycles. The van der Waals surface area contributed by atoms with Crippen LogP contribution in [0, 0.1) is 0 Å². The van der Waals surface area contributed by atoms with E-state index in [1.807, 2.05) is 30.3 Å². The van der Waals surface area contributed by atoms with E-state index in [9.17, 15) is 13.2 Å². The molecular formula is C26H29F3N4. The fourth-order valence-electron chi connectivity index (χ4n) is 4.27. The van der Waals surface area contributed by atoms with Crippen molar-refractivity contribution >= 4 is 23.1 Å². The second-order valence-electron chi connectivity index (χ2n) is 8.74. The Balaban J connectivity index is 1.57. The summed E-state index contributed by atoms with van der Waals surface area (Å²) in [5, 5.41) is 5.90. The third kappa shape index (κ3) is 5.64. The van der Waals surface area contributed by atoms with Crippen molar-refractivity contribution in [3.8, 4) is 0 Å². The average Bonchev–Trinajstić information content (AvgIpc) is 3.33. The van der Waals surface area contributed by atoms with Gasteiger partial charge >= 0.3 is 6.18 Å². The summed E-state index contributed by atoms with van der Waals surface area (Å²) in [5.74, 6) is 0.744. The van der Waals surface area contributed by atoms with Gasteiger partial charge in [-0.05, 0) is 66.5 Å². The quantitative estimate of drug-likeness (QED) is 0.378. The molecule has 0 bridgehead atoms. The van der Waals surface area contributed by atoms with Crippen LogP contribution in [0.5, 0.6) is 0 Å². The van der Waals surface area contributed by atoms with Crippen LogP contribution in [-0.4, -0.2) is 9.97 Å². The molecule has 174 valence electrons. The Kier molecular flexibility index (Phi) is 6.86. The number of benzene rings is 2. The Labute approximate surface area is 192 Å². The van der Waals surface area contributed by atoms with Crippen LogP contribution in [-0.2, 0) is 6.18 Å². The van der Waals surface area contributed by atoms with Crippen LogP contribution >= 0.6 is 0 Å². The molecule has 0 amide bonds. The summed E-state index contributed by atoms with van der Waals surface area (Å²) in [6.07, 6.45) is 2.14. The first kappa shape index (κ1) is 23.1. The smallest absolute Gasteiger partial charge is 0.340 e. The van der Waals surface area contributed by atoms with Gasteiger partial charge in [0.05, 0.1) is 0 Å². The topological polar surface area (TPSA) is 49.8 Å². The molecule has 1 atom stereocenters. The molecule has 1 fully saturated rings. The fourth-order valence-corrected chi connectivity index (χ4v) is 4.27. The number of hydrogen-bond acceptors (Lipinski definition) is 4. The Morgan fingerprint density at radius 2 is 1.73 bits per heavy atom. The van der Waals surface area contributed by atoms with E-state index >= 15 is 0 Å². The summed E-state index contributed by atoms with van der Waals surface area (Å²) < 4.78 is 40.9. The van der Waals surface area contributed by atoms with E-state index in [4.69, 9.17) is 0 Å². The van der Waals surface area contributed by atoms with Crippen LogP contribution in [0.4, 0.5) is 36.3 Å². The zero-order valence-electron chi connectivity index (χ0n) is 18.9. The normalized spacial score (nSPS) is 15.4. The molecule has 3 aromatic rings. The van der Waals surface area contributed by atoms with Gasteiger partial charge in [-0.2, -0.15) is 18.2 Å². The molecular weight excluding hydrogens is 425 g/mol. The molecule has 0 aliphatic heterocycles. The Bertz CT molecular complexity index is 1070. The zero-order chi connectivity index (χ0) is 23.4. The van der Waals surface area contributed by atoms with Gasteiger partial charge in [-0.25, -0.2) is 4.98 Å². The lowest BCUT2D eigenvalue weighted by atomic mass is 9.98. The van der Waals surface area contributed by atoms with E-state index in [0.717, 1.165) is 23.9 Å². The van der Waals surface area contributed by atoms with Gasteiger partial charge in [-0.3, -0.25) is 0 Å². The van der Waals surface area contributed by atoms with Gasteiger partial charge in [0.25, 0.3) is 0 Å². The highest BCUT2D eigenvalue weighted by molar-refractivity contribution is 5.63. The first-order valence-electron chi connectivity index (χ1n) is 11.5. The molecule has 0 radical (unpaired) electrons. The van der Waals surface area contributed by atoms with Crippen molar-refractivity contribution in [3.63, 3.8) is 0 Å². The van der Waals surface area contributed by atoms with Crippen molar-refractivity contribution in [3.05, 3.63) is 71.4 Å². The van der Waals surface area contributed by atoms with Crippen molar-refractivity contribution in [1.82, 2.24) is 9.97 Å². The molecule has 1 heterocycles. The summed E-state index contributed by atoms with van der Waals surface area (Å²) in [5.41, 5.74) is 2.75. The van der Waals surface area contributed by atoms with E-state index in [-0.39, 0.29) is 11.8 Å². The Morgan fingerprint density at radius 1 is 1.00 bits per heavy atom. The number of halogens is 3. The second-order valence-corrected chi connectivity index (χ2v) is 8.74. The predicted molar refractivity (Wildman–Crippen MR) is 126 cm³/mol. The maximum Gasteiger partial charge on any atom is 0.421 e. The molecule has 4 rings (SSSR count). The number of hydrogen-bond donors (Lipinski definition) is 2. The molecule has 7 heteroatoms. The van der Waals surface area contributed by atoms with Gasteiger partial charge in [-0.1, -0.05) is 51.0 Å². The van der Waals surface area contributed by atoms with Crippen LogP contribution in [0.3, 0.4) is 0 Å². The van der Waals surface area contributed by atoms with Crippen LogP contribution in [0.15, 0.2) is 54.7 Å². The molecule has 1 aliphatic carbocycles. The van der Waals surface area contributed by atoms with Crippen molar-refractivity contribution in [2.24, 2.45) is 0 Å². The van der Waals surface area contributed by atoms with Gasteiger partial charge in [-0.15, -0.1) is 0 Å². The maximum atomic E-state index is 13.6. The van der Waals surface area contributed by atoms with Crippen molar-refractivity contribution in [1.29, 1.82) is 0 Å². The lowest BCUT2D eigenvalue weighted by Crippen LogP contribution is -2.12. The highest BCUT2D eigenvalue weighted by atomic mass is 19.4. The monoisotopic (exact) mass is 454 g/mol. The molecule has 2 N–H and O–H groups in total. The fraction of sp³-hybridized carbons (Fsp3) is 0.385. The zero-order valence-corrected chi connectivity index (χ0v) is 18.9. The van der Waals surface area contributed by atoms with Gasteiger partial charge in [0.1, 0.15) is 11.4 Å². The lowest BCUT2D eigenvalue weighted by molar-refractivity contribution is -0.137. The van der Waals surface area contributed by atoms with Gasteiger partial charge in [0.2, 0.25) is 5.95 Å². The highest BCUT2D eigenvalue weighted by Crippen LogP contribution is 2.37. The molecule has 33 heavy (non-hydrogen) atoms. The molecule has 2 aromatic carbocycles. The molecule has 1 aliphatic rings. The summed E-state index contributed by atoms with van der Waals surface area (Å²) in [6.45, 7) is 4.17. The summed E-state index contributed by atoms with van der Waals surface area (Å²) in [7, 11) is 0. The first-order chi connectivity index (χ1) is 15.8. The third-order valence-electron chi connectivity index (χ3n) is 6.42. The summed E-state index contributed by atoms with van der Waals surface area (Å²) in [4.78, 5) is 8.09. The average molecular weight is 455 g/mol. The molecule has 0 spiro atoms. The number of anilines is 4. The standard InChI is InChI=1S/C26H29F3N4/c1-3-17(2)20-9-6-10-22(15-20)31-24-23(26(27,28)29)16-30-25(33-24)32-21-13-11-19(12-14-21)18-7-4-5-8-18/h6,9-18H,3-5,7-8H2,1-2H3,(H2,30,31,32,33). The van der Waals surface area contributed by atoms with E-state index in [2.05, 4.69) is 46.6 Å². The van der Waals surface area contributed by atoms with Gasteiger partial charge in [0.15, 0.2) is 0 Å². The highest BCUT2D eigenvalue weighted by Gasteiger charge is 2.35. The van der Waals surface area contributed by atoms with Crippen molar-refractivity contribution in [2.45, 2.75) is 64.0 Å². The van der Waals surface area contributed by atoms with Gasteiger partial charge < -0.3 is 10.6 Å². The number of alkyl halides is 3. The molecule has 1 saturated carbocycles. The number of nitrogens with zero attached hydrogens (tertiary/aromatic N) is 2. The Hall–Kier alpha value is -3.09. The van der Waals surface area contributed by atoms with E-state index in [0.29, 0.717) is 17.5 Å². The number of nitrogens with one attached hydrogen (secondary N) is 2. The lowest BCUT2D eigenvalue weighted by Gasteiger charge is -2.16.